The maximum Gasteiger partial charge on any atom is 0.162 e. The summed E-state index contributed by atoms with van der Waals surface area (Å²) < 4.78 is 5.00. The van der Waals surface area contributed by atoms with E-state index in [-0.39, 0.29) is 11.7 Å². The Morgan fingerprint density at radius 1 is 1.73 bits per heavy atom. The summed E-state index contributed by atoms with van der Waals surface area (Å²) in [7, 11) is 1.62. The molecule has 2 nitrogen and oxygen atoms in total. The van der Waals surface area contributed by atoms with Crippen molar-refractivity contribution in [2.24, 2.45) is 5.92 Å². The third-order valence-corrected chi connectivity index (χ3v) is 2.05. The first kappa shape index (κ1) is 8.31. The Kier molecular flexibility index (Phi) is 2.69. The fourth-order valence-corrected chi connectivity index (χ4v) is 1.41. The number of carbonyl (C=O) groups excluding carboxylic acids is 1. The van der Waals surface area contributed by atoms with Crippen molar-refractivity contribution >= 4 is 5.78 Å². The molecule has 0 fully saturated rings. The predicted octanol–water partition coefficient (Wildman–Crippen LogP) is 1.91. The average Bonchev–Trinajstić information content (AvgIpc) is 2.33. The molecule has 0 heterocycles. The minimum absolute atomic E-state index is 0.204. The molecule has 0 aromatic carbocycles. The SMILES string of the molecule is CCC[C@@H]1CC(OC)=CC1=O. The number of hydrogen-bond donors (Lipinski definition) is 0. The molecular formula is C9H14O2. The summed E-state index contributed by atoms with van der Waals surface area (Å²) in [5.74, 6) is 1.28. The van der Waals surface area contributed by atoms with Gasteiger partial charge in [-0.2, -0.15) is 0 Å². The van der Waals surface area contributed by atoms with E-state index in [1.807, 2.05) is 0 Å². The fraction of sp³-hybridized carbons (Fsp3) is 0.667. The number of ketones is 1. The minimum Gasteiger partial charge on any atom is -0.501 e. The summed E-state index contributed by atoms with van der Waals surface area (Å²) in [5.41, 5.74) is 0. The summed E-state index contributed by atoms with van der Waals surface area (Å²) in [6.07, 6.45) is 4.49. The number of allylic oxidation sites excluding steroid dienone is 2. The number of methoxy groups -OCH3 is 1. The van der Waals surface area contributed by atoms with Crippen LogP contribution in [0.15, 0.2) is 11.8 Å². The quantitative estimate of drug-likeness (QED) is 0.620. The number of ether oxygens (including phenoxy) is 1. The third-order valence-electron chi connectivity index (χ3n) is 2.05. The van der Waals surface area contributed by atoms with Gasteiger partial charge in [-0.05, 0) is 6.42 Å². The molecule has 0 aliphatic heterocycles. The van der Waals surface area contributed by atoms with E-state index >= 15 is 0 Å². The van der Waals surface area contributed by atoms with Crippen molar-refractivity contribution in [3.8, 4) is 0 Å². The first-order chi connectivity index (χ1) is 5.27. The van der Waals surface area contributed by atoms with Crippen molar-refractivity contribution in [2.75, 3.05) is 7.11 Å². The first-order valence-electron chi connectivity index (χ1n) is 4.06. The van der Waals surface area contributed by atoms with E-state index in [2.05, 4.69) is 6.92 Å². The van der Waals surface area contributed by atoms with Gasteiger partial charge in [-0.15, -0.1) is 0 Å². The van der Waals surface area contributed by atoms with E-state index in [9.17, 15) is 4.79 Å². The highest BCUT2D eigenvalue weighted by atomic mass is 16.5. The standard InChI is InChI=1S/C9H14O2/c1-3-4-7-5-8(11-2)6-9(7)10/h6-7H,3-5H2,1-2H3/t7-/m1/s1. The Morgan fingerprint density at radius 3 is 2.91 bits per heavy atom. The van der Waals surface area contributed by atoms with Gasteiger partial charge in [0.15, 0.2) is 5.78 Å². The molecule has 0 radical (unpaired) electrons. The second kappa shape index (κ2) is 3.56. The van der Waals surface area contributed by atoms with Crippen LogP contribution < -0.4 is 0 Å². The van der Waals surface area contributed by atoms with Crippen LogP contribution in [0.5, 0.6) is 0 Å². The summed E-state index contributed by atoms with van der Waals surface area (Å²) in [5, 5.41) is 0. The Morgan fingerprint density at radius 2 is 2.45 bits per heavy atom. The van der Waals surface area contributed by atoms with Crippen molar-refractivity contribution < 1.29 is 9.53 Å². The number of hydrogen-bond acceptors (Lipinski definition) is 2. The smallest absolute Gasteiger partial charge is 0.162 e. The lowest BCUT2D eigenvalue weighted by Crippen LogP contribution is -2.05. The zero-order chi connectivity index (χ0) is 8.27. The highest BCUT2D eigenvalue weighted by molar-refractivity contribution is 5.94. The van der Waals surface area contributed by atoms with E-state index in [4.69, 9.17) is 4.74 Å². The third kappa shape index (κ3) is 1.82. The molecule has 62 valence electrons. The van der Waals surface area contributed by atoms with E-state index in [1.165, 1.54) is 0 Å². The molecule has 0 saturated carbocycles. The first-order valence-corrected chi connectivity index (χ1v) is 4.06. The van der Waals surface area contributed by atoms with Crippen LogP contribution in [0, 0.1) is 5.92 Å². The van der Waals surface area contributed by atoms with Gasteiger partial charge in [0.2, 0.25) is 0 Å². The molecule has 0 unspecified atom stereocenters. The Bertz CT molecular complexity index is 182. The van der Waals surface area contributed by atoms with E-state index < -0.39 is 0 Å². The second-order valence-corrected chi connectivity index (χ2v) is 2.91. The predicted molar refractivity (Wildman–Crippen MR) is 43.1 cm³/mol. The summed E-state index contributed by atoms with van der Waals surface area (Å²) in [6, 6.07) is 0. The van der Waals surface area contributed by atoms with E-state index in [0.29, 0.717) is 0 Å². The van der Waals surface area contributed by atoms with Gasteiger partial charge < -0.3 is 4.74 Å². The number of carbonyl (C=O) groups is 1. The molecule has 1 atom stereocenters. The van der Waals surface area contributed by atoms with Crippen LogP contribution >= 0.6 is 0 Å². The Balaban J connectivity index is 2.48. The molecule has 0 aromatic rings. The summed E-state index contributed by atoms with van der Waals surface area (Å²) in [4.78, 5) is 11.2. The van der Waals surface area contributed by atoms with Gasteiger partial charge in [0.1, 0.15) is 0 Å². The molecule has 0 aromatic heterocycles. The van der Waals surface area contributed by atoms with Crippen molar-refractivity contribution in [1.82, 2.24) is 0 Å². The number of rotatable bonds is 3. The summed E-state index contributed by atoms with van der Waals surface area (Å²) in [6.45, 7) is 2.10. The topological polar surface area (TPSA) is 26.3 Å². The van der Waals surface area contributed by atoms with Gasteiger partial charge >= 0.3 is 0 Å². The largest absolute Gasteiger partial charge is 0.501 e. The second-order valence-electron chi connectivity index (χ2n) is 2.91. The molecule has 1 aliphatic rings. The molecule has 1 aliphatic carbocycles. The monoisotopic (exact) mass is 154 g/mol. The van der Waals surface area contributed by atoms with Crippen LogP contribution in [0.2, 0.25) is 0 Å². The summed E-state index contributed by atoms with van der Waals surface area (Å²) >= 11 is 0. The molecule has 0 bridgehead atoms. The lowest BCUT2D eigenvalue weighted by molar-refractivity contribution is -0.117. The van der Waals surface area contributed by atoms with Crippen LogP contribution in [-0.4, -0.2) is 12.9 Å². The maximum atomic E-state index is 11.2. The average molecular weight is 154 g/mol. The molecule has 0 amide bonds. The van der Waals surface area contributed by atoms with Crippen molar-refractivity contribution in [1.29, 1.82) is 0 Å². The normalized spacial score (nSPS) is 23.6. The van der Waals surface area contributed by atoms with Gasteiger partial charge in [0.25, 0.3) is 0 Å². The van der Waals surface area contributed by atoms with Gasteiger partial charge in [-0.1, -0.05) is 13.3 Å². The molecular weight excluding hydrogens is 140 g/mol. The Hall–Kier alpha value is -0.790. The highest BCUT2D eigenvalue weighted by Gasteiger charge is 2.24. The fourth-order valence-electron chi connectivity index (χ4n) is 1.41. The molecule has 0 N–H and O–H groups in total. The van der Waals surface area contributed by atoms with Crippen molar-refractivity contribution in [3.63, 3.8) is 0 Å². The maximum absolute atomic E-state index is 11.2. The highest BCUT2D eigenvalue weighted by Crippen LogP contribution is 2.25. The minimum atomic E-state index is 0.204. The van der Waals surface area contributed by atoms with Crippen LogP contribution in [0.25, 0.3) is 0 Å². The van der Waals surface area contributed by atoms with Gasteiger partial charge in [0.05, 0.1) is 12.9 Å². The van der Waals surface area contributed by atoms with Crippen molar-refractivity contribution in [3.05, 3.63) is 11.8 Å². The lowest BCUT2D eigenvalue weighted by atomic mass is 10.0. The molecule has 0 spiro atoms. The van der Waals surface area contributed by atoms with E-state index in [0.717, 1.165) is 25.0 Å². The van der Waals surface area contributed by atoms with Gasteiger partial charge in [-0.25, -0.2) is 0 Å². The zero-order valence-electron chi connectivity index (χ0n) is 7.09. The van der Waals surface area contributed by atoms with Crippen LogP contribution in [-0.2, 0) is 9.53 Å². The van der Waals surface area contributed by atoms with Gasteiger partial charge in [-0.3, -0.25) is 4.79 Å². The molecule has 1 rings (SSSR count). The molecule has 2 heteroatoms. The van der Waals surface area contributed by atoms with Crippen LogP contribution in [0.4, 0.5) is 0 Å². The molecule has 0 saturated heterocycles. The lowest BCUT2D eigenvalue weighted by Gasteiger charge is -2.05. The van der Waals surface area contributed by atoms with E-state index in [1.54, 1.807) is 13.2 Å². The molecule has 11 heavy (non-hydrogen) atoms. The Labute approximate surface area is 67.2 Å². The van der Waals surface area contributed by atoms with Crippen LogP contribution in [0.1, 0.15) is 26.2 Å². The van der Waals surface area contributed by atoms with Gasteiger partial charge in [0, 0.05) is 18.4 Å². The van der Waals surface area contributed by atoms with Crippen molar-refractivity contribution in [2.45, 2.75) is 26.2 Å². The van der Waals surface area contributed by atoms with Crippen LogP contribution in [0.3, 0.4) is 0 Å². The zero-order valence-corrected chi connectivity index (χ0v) is 7.09.